The van der Waals surface area contributed by atoms with Crippen LogP contribution in [0.5, 0.6) is 0 Å². The first-order valence-electron chi connectivity index (χ1n) is 7.76. The highest BCUT2D eigenvalue weighted by Crippen LogP contribution is 2.44. The van der Waals surface area contributed by atoms with Crippen molar-refractivity contribution in [2.24, 2.45) is 4.99 Å². The summed E-state index contributed by atoms with van der Waals surface area (Å²) < 4.78 is 5.41. The Hall–Kier alpha value is -2.29. The third kappa shape index (κ3) is 2.71. The highest BCUT2D eigenvalue weighted by Gasteiger charge is 2.26. The van der Waals surface area contributed by atoms with Crippen LogP contribution in [0, 0.1) is 0 Å². The smallest absolute Gasteiger partial charge is 0.145 e. The van der Waals surface area contributed by atoms with Crippen molar-refractivity contribution >= 4 is 6.08 Å². The maximum absolute atomic E-state index is 11.8. The van der Waals surface area contributed by atoms with Crippen LogP contribution < -0.4 is 5.11 Å². The van der Waals surface area contributed by atoms with Gasteiger partial charge in [0.2, 0.25) is 0 Å². The van der Waals surface area contributed by atoms with E-state index in [2.05, 4.69) is 29.3 Å². The molecule has 114 valence electrons. The largest absolute Gasteiger partial charge is 0.599 e. The van der Waals surface area contributed by atoms with Crippen molar-refractivity contribution in [3.63, 3.8) is 0 Å². The molecule has 2 aromatic rings. The molecule has 0 N–H and O–H groups in total. The Balaban J connectivity index is 1.84. The fourth-order valence-corrected chi connectivity index (χ4v) is 2.90. The summed E-state index contributed by atoms with van der Waals surface area (Å²) in [5, 5.41) is 11.8. The lowest BCUT2D eigenvalue weighted by molar-refractivity contribution is -0.251. The molecule has 0 heterocycles. The zero-order valence-electron chi connectivity index (χ0n) is 13.0. The first kappa shape index (κ1) is 14.6. The van der Waals surface area contributed by atoms with E-state index in [-0.39, 0.29) is 12.0 Å². The molecule has 0 amide bonds. The van der Waals surface area contributed by atoms with Crippen LogP contribution in [0.3, 0.4) is 0 Å². The van der Waals surface area contributed by atoms with Gasteiger partial charge in [0.1, 0.15) is 6.08 Å². The zero-order chi connectivity index (χ0) is 15.5. The third-order valence-corrected chi connectivity index (χ3v) is 4.25. The topological polar surface area (TPSA) is 44.7 Å². The van der Waals surface area contributed by atoms with Crippen LogP contribution in [0.4, 0.5) is 0 Å². The number of fused-ring (bicyclic) bond motifs is 3. The summed E-state index contributed by atoms with van der Waals surface area (Å²) in [6.07, 6.45) is 0.376. The van der Waals surface area contributed by atoms with Crippen molar-refractivity contribution in [3.05, 3.63) is 59.7 Å². The van der Waals surface area contributed by atoms with Crippen LogP contribution in [0.25, 0.3) is 11.1 Å². The maximum Gasteiger partial charge on any atom is 0.145 e. The lowest BCUT2D eigenvalue weighted by Gasteiger charge is -2.21. The fourth-order valence-electron chi connectivity index (χ4n) is 2.90. The number of ether oxygens (including phenoxy) is 1. The van der Waals surface area contributed by atoms with Crippen LogP contribution in [0.15, 0.2) is 53.5 Å². The Kier molecular flexibility index (Phi) is 4.14. The average Bonchev–Trinajstić information content (AvgIpc) is 2.87. The second kappa shape index (κ2) is 6.22. The van der Waals surface area contributed by atoms with Gasteiger partial charge in [0, 0.05) is 18.6 Å². The molecule has 0 aliphatic heterocycles. The van der Waals surface area contributed by atoms with Gasteiger partial charge in [-0.2, -0.15) is 0 Å². The van der Waals surface area contributed by atoms with E-state index in [0.29, 0.717) is 6.61 Å². The van der Waals surface area contributed by atoms with Crippen molar-refractivity contribution in [2.45, 2.75) is 32.2 Å². The van der Waals surface area contributed by atoms with Crippen LogP contribution in [-0.4, -0.2) is 18.7 Å². The monoisotopic (exact) mass is 294 g/mol. The van der Waals surface area contributed by atoms with Gasteiger partial charge in [-0.15, -0.1) is 0 Å². The normalized spacial score (nSPS) is 15.3. The molecule has 1 aliphatic rings. The standard InChI is InChI=1S/C19H21NO2/c1-3-13(2)20-19(21)22-12-18-16-10-6-4-8-14(16)15-9-5-7-11-17(15)18/h4-11,13,18H,3,12H2,1-2H3,(H,20,21)/p-1. The lowest BCUT2D eigenvalue weighted by atomic mass is 9.98. The molecule has 22 heavy (non-hydrogen) atoms. The van der Waals surface area contributed by atoms with Crippen LogP contribution in [0.1, 0.15) is 37.3 Å². The average molecular weight is 294 g/mol. The summed E-state index contributed by atoms with van der Waals surface area (Å²) in [4.78, 5) is 4.01. The van der Waals surface area contributed by atoms with Crippen LogP contribution in [0.2, 0.25) is 0 Å². The Labute approximate surface area is 131 Å². The van der Waals surface area contributed by atoms with E-state index in [1.165, 1.54) is 22.3 Å². The molecule has 3 nitrogen and oxygen atoms in total. The number of nitrogens with zero attached hydrogens (tertiary/aromatic N) is 1. The molecular formula is C19H20NO2-. The Bertz CT molecular complexity index is 648. The summed E-state index contributed by atoms with van der Waals surface area (Å²) in [5.41, 5.74) is 4.91. The molecule has 0 bridgehead atoms. The van der Waals surface area contributed by atoms with E-state index in [9.17, 15) is 5.11 Å². The van der Waals surface area contributed by atoms with Gasteiger partial charge >= 0.3 is 0 Å². The van der Waals surface area contributed by atoms with Crippen molar-refractivity contribution in [2.75, 3.05) is 6.61 Å². The minimum Gasteiger partial charge on any atom is -0.599 e. The van der Waals surface area contributed by atoms with Crippen molar-refractivity contribution < 1.29 is 9.84 Å². The summed E-state index contributed by atoms with van der Waals surface area (Å²) in [6.45, 7) is 4.26. The van der Waals surface area contributed by atoms with Crippen LogP contribution in [-0.2, 0) is 4.74 Å². The van der Waals surface area contributed by atoms with Gasteiger partial charge in [-0.1, -0.05) is 55.5 Å². The second-order valence-corrected chi connectivity index (χ2v) is 5.69. The molecule has 0 fully saturated rings. The Morgan fingerprint density at radius 2 is 1.64 bits per heavy atom. The molecule has 1 aliphatic carbocycles. The van der Waals surface area contributed by atoms with Gasteiger partial charge in [-0.05, 0) is 35.6 Å². The van der Waals surface area contributed by atoms with Crippen molar-refractivity contribution in [1.82, 2.24) is 0 Å². The molecule has 1 unspecified atom stereocenters. The van der Waals surface area contributed by atoms with Gasteiger partial charge in [-0.3, -0.25) is 4.99 Å². The van der Waals surface area contributed by atoms with E-state index >= 15 is 0 Å². The van der Waals surface area contributed by atoms with E-state index in [1.54, 1.807) is 0 Å². The van der Waals surface area contributed by atoms with Gasteiger partial charge in [-0.25, -0.2) is 0 Å². The van der Waals surface area contributed by atoms with Gasteiger partial charge in [0.05, 0.1) is 0 Å². The number of rotatable bonds is 4. The minimum atomic E-state index is -0.462. The molecule has 1 atom stereocenters. The SMILES string of the molecule is CCC(C)N=C([O-])OCC1c2ccccc2-c2ccccc21. The number of hydrogen-bond donors (Lipinski definition) is 0. The van der Waals surface area contributed by atoms with E-state index < -0.39 is 6.08 Å². The maximum atomic E-state index is 11.8. The van der Waals surface area contributed by atoms with Gasteiger partial charge < -0.3 is 9.84 Å². The summed E-state index contributed by atoms with van der Waals surface area (Å²) in [7, 11) is 0. The van der Waals surface area contributed by atoms with Crippen LogP contribution >= 0.6 is 0 Å². The molecule has 0 spiro atoms. The quantitative estimate of drug-likeness (QED) is 0.641. The van der Waals surface area contributed by atoms with Gasteiger partial charge in [0.25, 0.3) is 0 Å². The van der Waals surface area contributed by atoms with E-state index in [1.807, 2.05) is 38.1 Å². The highest BCUT2D eigenvalue weighted by atomic mass is 16.6. The van der Waals surface area contributed by atoms with Crippen molar-refractivity contribution in [3.8, 4) is 11.1 Å². The second-order valence-electron chi connectivity index (χ2n) is 5.69. The lowest BCUT2D eigenvalue weighted by Crippen LogP contribution is -2.25. The first-order chi connectivity index (χ1) is 10.7. The first-order valence-corrected chi connectivity index (χ1v) is 7.76. The third-order valence-electron chi connectivity index (χ3n) is 4.25. The Morgan fingerprint density at radius 3 is 2.18 bits per heavy atom. The molecule has 3 heteroatoms. The molecule has 3 rings (SSSR count). The van der Waals surface area contributed by atoms with E-state index in [0.717, 1.165) is 6.42 Å². The predicted octanol–water partition coefficient (Wildman–Crippen LogP) is 3.33. The summed E-state index contributed by atoms with van der Waals surface area (Å²) in [5.74, 6) is 0.100. The number of benzene rings is 2. The number of aliphatic imine (C=N–C) groups is 1. The molecule has 0 saturated carbocycles. The molecule has 0 saturated heterocycles. The fraction of sp³-hybridized carbons (Fsp3) is 0.316. The summed E-state index contributed by atoms with van der Waals surface area (Å²) in [6, 6.07) is 16.6. The molecule has 0 aromatic heterocycles. The molecule has 2 aromatic carbocycles. The molecule has 0 radical (unpaired) electrons. The van der Waals surface area contributed by atoms with Crippen molar-refractivity contribution in [1.29, 1.82) is 0 Å². The predicted molar refractivity (Wildman–Crippen MR) is 86.9 cm³/mol. The molecular weight excluding hydrogens is 274 g/mol. The minimum absolute atomic E-state index is 0.00986. The Morgan fingerprint density at radius 1 is 1.09 bits per heavy atom. The van der Waals surface area contributed by atoms with E-state index in [4.69, 9.17) is 4.74 Å². The highest BCUT2D eigenvalue weighted by molar-refractivity contribution is 5.78. The number of hydrogen-bond acceptors (Lipinski definition) is 3. The zero-order valence-corrected chi connectivity index (χ0v) is 13.0. The van der Waals surface area contributed by atoms with Gasteiger partial charge in [0.15, 0.2) is 0 Å². The summed E-state index contributed by atoms with van der Waals surface area (Å²) >= 11 is 0.